The third-order valence-electron chi connectivity index (χ3n) is 5.15. The minimum atomic E-state index is -0.231. The van der Waals surface area contributed by atoms with Crippen LogP contribution in [-0.4, -0.2) is 9.55 Å². The van der Waals surface area contributed by atoms with Gasteiger partial charge in [0.25, 0.3) is 0 Å². The fourth-order valence-corrected chi connectivity index (χ4v) is 3.44. The molecule has 0 spiro atoms. The molecule has 0 amide bonds. The second kappa shape index (κ2) is 15.9. The fraction of sp³-hybridized carbons (Fsp3) is 0.818. The molecule has 1 aromatic heterocycles. The van der Waals surface area contributed by atoms with Crippen LogP contribution in [-0.2, 0) is 6.54 Å². The van der Waals surface area contributed by atoms with Crippen molar-refractivity contribution in [2.45, 2.75) is 116 Å². The van der Waals surface area contributed by atoms with Gasteiger partial charge >= 0.3 is 5.69 Å². The number of nitrogen functional groups attached to an aromatic ring is 1. The van der Waals surface area contributed by atoms with Crippen LogP contribution < -0.4 is 11.4 Å². The predicted molar refractivity (Wildman–Crippen MR) is 112 cm³/mol. The van der Waals surface area contributed by atoms with Crippen LogP contribution in [0.1, 0.15) is 110 Å². The Kier molecular flexibility index (Phi) is 13.9. The molecular formula is C22H41N3O. The lowest BCUT2D eigenvalue weighted by molar-refractivity contribution is 0.516. The van der Waals surface area contributed by atoms with Crippen LogP contribution in [0, 0.1) is 0 Å². The van der Waals surface area contributed by atoms with E-state index >= 15 is 0 Å². The molecule has 0 saturated heterocycles. The van der Waals surface area contributed by atoms with E-state index in [4.69, 9.17) is 5.73 Å². The molecule has 2 N–H and O–H groups in total. The lowest BCUT2D eigenvalue weighted by atomic mass is 10.0. The van der Waals surface area contributed by atoms with Crippen molar-refractivity contribution in [2.24, 2.45) is 0 Å². The monoisotopic (exact) mass is 363 g/mol. The summed E-state index contributed by atoms with van der Waals surface area (Å²) in [6.45, 7) is 3.03. The van der Waals surface area contributed by atoms with Crippen LogP contribution in [0.2, 0.25) is 0 Å². The van der Waals surface area contributed by atoms with Gasteiger partial charge in [0, 0.05) is 12.7 Å². The first kappa shape index (κ1) is 22.7. The van der Waals surface area contributed by atoms with Crippen LogP contribution in [0.15, 0.2) is 17.1 Å². The van der Waals surface area contributed by atoms with Gasteiger partial charge in [0.05, 0.1) is 0 Å². The van der Waals surface area contributed by atoms with Crippen molar-refractivity contribution in [3.05, 3.63) is 22.7 Å². The minimum absolute atomic E-state index is 0.231. The quantitative estimate of drug-likeness (QED) is 0.341. The number of anilines is 1. The van der Waals surface area contributed by atoms with Crippen LogP contribution in [0.4, 0.5) is 5.82 Å². The molecule has 1 heterocycles. The highest BCUT2D eigenvalue weighted by Crippen LogP contribution is 2.13. The molecule has 4 nitrogen and oxygen atoms in total. The molecule has 0 aliphatic heterocycles. The molecule has 0 aliphatic rings. The van der Waals surface area contributed by atoms with Crippen molar-refractivity contribution in [3.63, 3.8) is 0 Å². The van der Waals surface area contributed by atoms with E-state index in [1.807, 2.05) is 0 Å². The van der Waals surface area contributed by atoms with E-state index in [1.165, 1.54) is 96.3 Å². The third-order valence-corrected chi connectivity index (χ3v) is 5.15. The van der Waals surface area contributed by atoms with E-state index < -0.39 is 0 Å². The highest BCUT2D eigenvalue weighted by molar-refractivity contribution is 5.23. The lowest BCUT2D eigenvalue weighted by Gasteiger charge is -2.05. The lowest BCUT2D eigenvalue weighted by Crippen LogP contribution is -2.23. The number of unbranched alkanes of at least 4 members (excludes halogenated alkanes) is 15. The van der Waals surface area contributed by atoms with Crippen molar-refractivity contribution in [1.29, 1.82) is 0 Å². The summed E-state index contributed by atoms with van der Waals surface area (Å²) in [5, 5.41) is 0. The Labute approximate surface area is 160 Å². The molecule has 0 aliphatic carbocycles. The summed E-state index contributed by atoms with van der Waals surface area (Å²) in [7, 11) is 0. The number of aromatic nitrogens is 2. The normalized spacial score (nSPS) is 11.1. The van der Waals surface area contributed by atoms with Crippen molar-refractivity contribution in [1.82, 2.24) is 9.55 Å². The van der Waals surface area contributed by atoms with Gasteiger partial charge in [-0.2, -0.15) is 4.98 Å². The zero-order valence-corrected chi connectivity index (χ0v) is 17.1. The molecule has 0 fully saturated rings. The number of hydrogen-bond donors (Lipinski definition) is 1. The van der Waals surface area contributed by atoms with Crippen LogP contribution in [0.5, 0.6) is 0 Å². The Morgan fingerprint density at radius 1 is 0.769 bits per heavy atom. The van der Waals surface area contributed by atoms with E-state index in [1.54, 1.807) is 16.8 Å². The second-order valence-electron chi connectivity index (χ2n) is 7.63. The molecule has 4 heteroatoms. The highest BCUT2D eigenvalue weighted by atomic mass is 16.1. The molecule has 26 heavy (non-hydrogen) atoms. The van der Waals surface area contributed by atoms with E-state index in [2.05, 4.69) is 11.9 Å². The molecule has 0 unspecified atom stereocenters. The SMILES string of the molecule is CCCCCCCCCCCCCCCCCCn1ccc(N)nc1=O. The molecule has 0 aromatic carbocycles. The zero-order chi connectivity index (χ0) is 18.9. The number of nitrogens with two attached hydrogens (primary N) is 1. The van der Waals surface area contributed by atoms with E-state index in [9.17, 15) is 4.79 Å². The number of rotatable bonds is 17. The van der Waals surface area contributed by atoms with Crippen molar-refractivity contribution in [2.75, 3.05) is 5.73 Å². The van der Waals surface area contributed by atoms with Gasteiger partial charge in [-0.3, -0.25) is 4.57 Å². The van der Waals surface area contributed by atoms with Gasteiger partial charge < -0.3 is 5.73 Å². The van der Waals surface area contributed by atoms with Crippen LogP contribution >= 0.6 is 0 Å². The van der Waals surface area contributed by atoms with Gasteiger partial charge in [-0.25, -0.2) is 4.79 Å². The summed E-state index contributed by atoms with van der Waals surface area (Å²) < 4.78 is 1.65. The molecule has 0 bridgehead atoms. The summed E-state index contributed by atoms with van der Waals surface area (Å²) in [6, 6.07) is 1.69. The largest absolute Gasteiger partial charge is 0.383 e. The maximum absolute atomic E-state index is 11.6. The first-order valence-electron chi connectivity index (χ1n) is 11.1. The predicted octanol–water partition coefficient (Wildman–Crippen LogP) is 6.09. The summed E-state index contributed by atoms with van der Waals surface area (Å²) in [4.78, 5) is 15.4. The van der Waals surface area contributed by atoms with Crippen molar-refractivity contribution >= 4 is 5.82 Å². The Morgan fingerprint density at radius 3 is 1.62 bits per heavy atom. The minimum Gasteiger partial charge on any atom is -0.383 e. The highest BCUT2D eigenvalue weighted by Gasteiger charge is 1.98. The Bertz CT molecular complexity index is 498. The summed E-state index contributed by atoms with van der Waals surface area (Å²) >= 11 is 0. The Hall–Kier alpha value is -1.32. The average Bonchev–Trinajstić information content (AvgIpc) is 2.63. The van der Waals surface area contributed by atoms with Gasteiger partial charge in [-0.05, 0) is 12.5 Å². The standard InChI is InChI=1S/C22H41N3O/c1-2-3-4-5-6-7-8-9-10-11-12-13-14-15-16-17-19-25-20-18-21(23)24-22(25)26/h18,20H,2-17,19H2,1H3,(H2,23,24,26). The first-order chi connectivity index (χ1) is 12.7. The molecule has 0 atom stereocenters. The molecule has 1 aromatic rings. The molecule has 0 saturated carbocycles. The Balaban J connectivity index is 1.80. The third kappa shape index (κ3) is 12.1. The number of nitrogens with zero attached hydrogens (tertiary/aromatic N) is 2. The summed E-state index contributed by atoms with van der Waals surface area (Å²) in [5.74, 6) is 0.304. The molecule has 0 radical (unpaired) electrons. The molecule has 150 valence electrons. The van der Waals surface area contributed by atoms with Crippen molar-refractivity contribution < 1.29 is 0 Å². The van der Waals surface area contributed by atoms with Crippen LogP contribution in [0.3, 0.4) is 0 Å². The van der Waals surface area contributed by atoms with E-state index in [0.717, 1.165) is 13.0 Å². The first-order valence-corrected chi connectivity index (χ1v) is 11.1. The smallest absolute Gasteiger partial charge is 0.349 e. The van der Waals surface area contributed by atoms with Gasteiger partial charge in [0.1, 0.15) is 5.82 Å². The topological polar surface area (TPSA) is 60.9 Å². The molecular weight excluding hydrogens is 322 g/mol. The van der Waals surface area contributed by atoms with Gasteiger partial charge in [0.15, 0.2) is 0 Å². The number of aryl methyl sites for hydroxylation is 1. The van der Waals surface area contributed by atoms with Gasteiger partial charge in [-0.1, -0.05) is 103 Å². The fourth-order valence-electron chi connectivity index (χ4n) is 3.44. The maximum Gasteiger partial charge on any atom is 0.349 e. The molecule has 1 rings (SSSR count). The summed E-state index contributed by atoms with van der Waals surface area (Å²) in [6.07, 6.45) is 23.5. The summed E-state index contributed by atoms with van der Waals surface area (Å²) in [5.41, 5.74) is 5.26. The van der Waals surface area contributed by atoms with E-state index in [0.29, 0.717) is 5.82 Å². The second-order valence-corrected chi connectivity index (χ2v) is 7.63. The maximum atomic E-state index is 11.6. The van der Waals surface area contributed by atoms with E-state index in [-0.39, 0.29) is 5.69 Å². The Morgan fingerprint density at radius 2 is 1.19 bits per heavy atom. The van der Waals surface area contributed by atoms with Gasteiger partial charge in [-0.15, -0.1) is 0 Å². The average molecular weight is 364 g/mol. The van der Waals surface area contributed by atoms with Crippen molar-refractivity contribution in [3.8, 4) is 0 Å². The van der Waals surface area contributed by atoms with Gasteiger partial charge in [0.2, 0.25) is 0 Å². The zero-order valence-electron chi connectivity index (χ0n) is 17.1. The van der Waals surface area contributed by atoms with Crippen LogP contribution in [0.25, 0.3) is 0 Å². The number of hydrogen-bond acceptors (Lipinski definition) is 3.